The van der Waals surface area contributed by atoms with Crippen molar-refractivity contribution in [1.29, 1.82) is 0 Å². The molecule has 0 aromatic carbocycles. The van der Waals surface area contributed by atoms with Crippen LogP contribution in [-0.4, -0.2) is 15.9 Å². The highest BCUT2D eigenvalue weighted by atomic mass is 35.5. The van der Waals surface area contributed by atoms with E-state index in [4.69, 9.17) is 11.6 Å². The van der Waals surface area contributed by atoms with Gasteiger partial charge in [-0.15, -0.1) is 11.3 Å². The molecule has 0 saturated heterocycles. The van der Waals surface area contributed by atoms with Gasteiger partial charge in [0.2, 0.25) is 0 Å². The minimum Gasteiger partial charge on any atom is -0.350 e. The number of rotatable bonds is 2. The van der Waals surface area contributed by atoms with E-state index in [1.165, 1.54) is 0 Å². The fourth-order valence-electron chi connectivity index (χ4n) is 1.64. The fourth-order valence-corrected chi connectivity index (χ4v) is 2.59. The predicted octanol–water partition coefficient (Wildman–Crippen LogP) is 3.53. The minimum absolute atomic E-state index is 0.228. The summed E-state index contributed by atoms with van der Waals surface area (Å²) >= 11 is 7.46. The molecule has 0 radical (unpaired) electrons. The van der Waals surface area contributed by atoms with Crippen LogP contribution in [0.2, 0.25) is 5.15 Å². The maximum Gasteiger partial charge on any atom is 0.272 e. The summed E-state index contributed by atoms with van der Waals surface area (Å²) in [6, 6.07) is 7.18. The molecule has 6 heteroatoms. The Labute approximate surface area is 112 Å². The lowest BCUT2D eigenvalue weighted by molar-refractivity contribution is 0.102. The van der Waals surface area contributed by atoms with Gasteiger partial charge in [-0.25, -0.2) is 4.98 Å². The number of hydrogen-bond acceptors (Lipinski definition) is 3. The molecule has 1 amide bonds. The molecule has 4 nitrogen and oxygen atoms in total. The molecule has 0 aliphatic carbocycles. The molecule has 0 bridgehead atoms. The van der Waals surface area contributed by atoms with Crippen LogP contribution in [0.1, 0.15) is 10.5 Å². The summed E-state index contributed by atoms with van der Waals surface area (Å²) in [5, 5.41) is 4.97. The van der Waals surface area contributed by atoms with Crippen molar-refractivity contribution in [2.24, 2.45) is 0 Å². The average molecular weight is 278 g/mol. The molecule has 3 heterocycles. The van der Waals surface area contributed by atoms with Crippen LogP contribution in [0.5, 0.6) is 0 Å². The third kappa shape index (κ3) is 1.98. The topological polar surface area (TPSA) is 57.8 Å². The summed E-state index contributed by atoms with van der Waals surface area (Å²) in [5.74, 6) is -0.228. The quantitative estimate of drug-likeness (QED) is 0.704. The SMILES string of the molecule is O=C(Nc1cccnc1Cl)c1cc2sccc2[nH]1. The Balaban J connectivity index is 1.87. The van der Waals surface area contributed by atoms with Crippen LogP contribution in [0, 0.1) is 0 Å². The number of nitrogens with one attached hydrogen (secondary N) is 2. The number of thiophene rings is 1. The van der Waals surface area contributed by atoms with Gasteiger partial charge in [-0.1, -0.05) is 11.6 Å². The van der Waals surface area contributed by atoms with Gasteiger partial charge in [-0.2, -0.15) is 0 Å². The lowest BCUT2D eigenvalue weighted by Crippen LogP contribution is -2.12. The molecular weight excluding hydrogens is 270 g/mol. The zero-order chi connectivity index (χ0) is 12.5. The van der Waals surface area contributed by atoms with Gasteiger partial charge in [0, 0.05) is 6.20 Å². The van der Waals surface area contributed by atoms with Gasteiger partial charge in [0.15, 0.2) is 5.15 Å². The number of anilines is 1. The van der Waals surface area contributed by atoms with E-state index >= 15 is 0 Å². The van der Waals surface area contributed by atoms with Crippen molar-refractivity contribution in [2.75, 3.05) is 5.32 Å². The van der Waals surface area contributed by atoms with Crippen molar-refractivity contribution in [3.63, 3.8) is 0 Å². The molecule has 90 valence electrons. The molecule has 0 atom stereocenters. The van der Waals surface area contributed by atoms with E-state index in [1.807, 2.05) is 17.5 Å². The van der Waals surface area contributed by atoms with Crippen LogP contribution in [0.25, 0.3) is 10.2 Å². The number of hydrogen-bond donors (Lipinski definition) is 2. The fraction of sp³-hybridized carbons (Fsp3) is 0. The lowest BCUT2D eigenvalue weighted by Gasteiger charge is -2.04. The molecule has 3 aromatic heterocycles. The van der Waals surface area contributed by atoms with Gasteiger partial charge in [0.25, 0.3) is 5.91 Å². The van der Waals surface area contributed by atoms with E-state index in [0.717, 1.165) is 10.2 Å². The van der Waals surface area contributed by atoms with Crippen LogP contribution in [0.15, 0.2) is 35.8 Å². The van der Waals surface area contributed by atoms with Crippen LogP contribution in [-0.2, 0) is 0 Å². The molecule has 0 aliphatic heterocycles. The third-order valence-electron chi connectivity index (χ3n) is 2.49. The van der Waals surface area contributed by atoms with E-state index in [2.05, 4.69) is 15.3 Å². The molecular formula is C12H8ClN3OS. The van der Waals surface area contributed by atoms with Gasteiger partial charge < -0.3 is 10.3 Å². The Morgan fingerprint density at radius 1 is 1.44 bits per heavy atom. The first kappa shape index (κ1) is 11.3. The zero-order valence-corrected chi connectivity index (χ0v) is 10.7. The summed E-state index contributed by atoms with van der Waals surface area (Å²) in [7, 11) is 0. The van der Waals surface area contributed by atoms with E-state index in [9.17, 15) is 4.79 Å². The zero-order valence-electron chi connectivity index (χ0n) is 9.11. The maximum absolute atomic E-state index is 12.0. The summed E-state index contributed by atoms with van der Waals surface area (Å²) in [5.41, 5.74) is 1.97. The van der Waals surface area contributed by atoms with Crippen molar-refractivity contribution < 1.29 is 4.79 Å². The number of halogens is 1. The highest BCUT2D eigenvalue weighted by molar-refractivity contribution is 7.17. The number of aromatic nitrogens is 2. The van der Waals surface area contributed by atoms with E-state index in [-0.39, 0.29) is 11.1 Å². The average Bonchev–Trinajstić information content (AvgIpc) is 2.92. The van der Waals surface area contributed by atoms with Crippen molar-refractivity contribution in [3.05, 3.63) is 46.7 Å². The minimum atomic E-state index is -0.228. The van der Waals surface area contributed by atoms with Gasteiger partial charge in [0.05, 0.1) is 15.9 Å². The van der Waals surface area contributed by atoms with Gasteiger partial charge >= 0.3 is 0 Å². The number of nitrogens with zero attached hydrogens (tertiary/aromatic N) is 1. The Morgan fingerprint density at radius 3 is 3.11 bits per heavy atom. The Bertz CT molecular complexity index is 690. The van der Waals surface area contributed by atoms with Crippen molar-refractivity contribution >= 4 is 44.7 Å². The molecule has 0 fully saturated rings. The molecule has 0 unspecified atom stereocenters. The highest BCUT2D eigenvalue weighted by Gasteiger charge is 2.11. The second kappa shape index (κ2) is 4.44. The number of fused-ring (bicyclic) bond motifs is 1. The van der Waals surface area contributed by atoms with Gasteiger partial charge in [-0.05, 0) is 29.6 Å². The normalized spacial score (nSPS) is 10.7. The number of aromatic amines is 1. The second-order valence-electron chi connectivity index (χ2n) is 3.68. The molecule has 0 saturated carbocycles. The number of carbonyl (C=O) groups is 1. The van der Waals surface area contributed by atoms with E-state index in [0.29, 0.717) is 11.4 Å². The summed E-state index contributed by atoms with van der Waals surface area (Å²) in [4.78, 5) is 19.0. The smallest absolute Gasteiger partial charge is 0.272 e. The Morgan fingerprint density at radius 2 is 2.33 bits per heavy atom. The molecule has 0 spiro atoms. The summed E-state index contributed by atoms with van der Waals surface area (Å²) in [6.45, 7) is 0. The molecule has 18 heavy (non-hydrogen) atoms. The standard InChI is InChI=1S/C12H8ClN3OS/c13-11-8(2-1-4-14-11)16-12(17)9-6-10-7(15-9)3-5-18-10/h1-6,15H,(H,16,17). The summed E-state index contributed by atoms with van der Waals surface area (Å²) in [6.07, 6.45) is 1.57. The first-order valence-electron chi connectivity index (χ1n) is 5.22. The molecule has 0 aliphatic rings. The largest absolute Gasteiger partial charge is 0.350 e. The molecule has 3 aromatic rings. The second-order valence-corrected chi connectivity index (χ2v) is 4.98. The van der Waals surface area contributed by atoms with Crippen LogP contribution in [0.3, 0.4) is 0 Å². The van der Waals surface area contributed by atoms with Crippen LogP contribution in [0.4, 0.5) is 5.69 Å². The number of H-pyrrole nitrogens is 1. The van der Waals surface area contributed by atoms with Gasteiger partial charge in [-0.3, -0.25) is 4.79 Å². The highest BCUT2D eigenvalue weighted by Crippen LogP contribution is 2.23. The Hall–Kier alpha value is -1.85. The first-order valence-corrected chi connectivity index (χ1v) is 6.48. The predicted molar refractivity (Wildman–Crippen MR) is 73.4 cm³/mol. The third-order valence-corrected chi connectivity index (χ3v) is 3.66. The monoisotopic (exact) mass is 277 g/mol. The van der Waals surface area contributed by atoms with Crippen molar-refractivity contribution in [1.82, 2.24) is 9.97 Å². The molecule has 2 N–H and O–H groups in total. The number of pyridine rings is 1. The molecule has 3 rings (SSSR count). The first-order chi connectivity index (χ1) is 8.74. The van der Waals surface area contributed by atoms with Crippen molar-refractivity contribution in [2.45, 2.75) is 0 Å². The maximum atomic E-state index is 12.0. The van der Waals surface area contributed by atoms with Gasteiger partial charge in [0.1, 0.15) is 5.69 Å². The van der Waals surface area contributed by atoms with E-state index < -0.39 is 0 Å². The van der Waals surface area contributed by atoms with E-state index in [1.54, 1.807) is 29.7 Å². The number of carbonyl (C=O) groups excluding carboxylic acids is 1. The Kier molecular flexibility index (Phi) is 2.77. The van der Waals surface area contributed by atoms with Crippen LogP contribution < -0.4 is 5.32 Å². The lowest BCUT2D eigenvalue weighted by atomic mass is 10.3. The van der Waals surface area contributed by atoms with Crippen molar-refractivity contribution in [3.8, 4) is 0 Å². The summed E-state index contributed by atoms with van der Waals surface area (Å²) < 4.78 is 1.05. The van der Waals surface area contributed by atoms with Crippen LogP contribution >= 0.6 is 22.9 Å². The number of amides is 1.